The van der Waals surface area contributed by atoms with Gasteiger partial charge in [0.05, 0.1) is 6.10 Å². The first-order chi connectivity index (χ1) is 3.31. The van der Waals surface area contributed by atoms with Crippen LogP contribution >= 0.6 is 0 Å². The van der Waals surface area contributed by atoms with Crippen molar-refractivity contribution in [3.05, 3.63) is 12.7 Å². The largest absolute Gasteiger partial charge is 0.393 e. The maximum atomic E-state index is 8.75. The highest BCUT2D eigenvalue weighted by molar-refractivity contribution is 4.67. The summed E-state index contributed by atoms with van der Waals surface area (Å²) in [6, 6.07) is 0. The fourth-order valence-electron chi connectivity index (χ4n) is 0.324. The van der Waals surface area contributed by atoms with Gasteiger partial charge in [0.1, 0.15) is 0 Å². The number of aliphatic hydroxyl groups excluding tert-OH is 1. The number of hydrogen-bond acceptors (Lipinski definition) is 1. The molecule has 1 unspecified atom stereocenters. The molecule has 0 aliphatic rings. The van der Waals surface area contributed by atoms with Gasteiger partial charge in [0.25, 0.3) is 0 Å². The molecule has 0 saturated carbocycles. The van der Waals surface area contributed by atoms with Crippen molar-refractivity contribution in [3.63, 3.8) is 0 Å². The molecule has 1 nitrogen and oxygen atoms in total. The summed E-state index contributed by atoms with van der Waals surface area (Å²) in [5.74, 6) is 0. The van der Waals surface area contributed by atoms with Crippen LogP contribution in [0.25, 0.3) is 0 Å². The normalized spacial score (nSPS) is 13.4. The van der Waals surface area contributed by atoms with Crippen molar-refractivity contribution in [2.45, 2.75) is 25.9 Å². The highest BCUT2D eigenvalue weighted by Gasteiger charge is 1.92. The first kappa shape index (κ1) is 6.70. The van der Waals surface area contributed by atoms with Gasteiger partial charge in [-0.15, -0.1) is 0 Å². The maximum absolute atomic E-state index is 8.75. The van der Waals surface area contributed by atoms with E-state index in [1.807, 2.05) is 6.92 Å². The average Bonchev–Trinajstić information content (AvgIpc) is 1.68. The van der Waals surface area contributed by atoms with Crippen LogP contribution in [0.3, 0.4) is 0 Å². The highest BCUT2D eigenvalue weighted by Crippen LogP contribution is 1.94. The molecule has 7 heavy (non-hydrogen) atoms. The fourth-order valence-corrected chi connectivity index (χ4v) is 0.324. The van der Waals surface area contributed by atoms with Crippen molar-refractivity contribution in [3.8, 4) is 0 Å². The van der Waals surface area contributed by atoms with E-state index in [9.17, 15) is 0 Å². The third-order valence-electron chi connectivity index (χ3n) is 0.879. The summed E-state index contributed by atoms with van der Waals surface area (Å²) < 4.78 is 0. The minimum atomic E-state index is -0.231. The van der Waals surface area contributed by atoms with Crippen LogP contribution in [0.5, 0.6) is 0 Å². The Kier molecular flexibility index (Phi) is 3.71. The zero-order valence-electron chi connectivity index (χ0n) is 4.59. The molecule has 0 spiro atoms. The van der Waals surface area contributed by atoms with Crippen molar-refractivity contribution in [2.75, 3.05) is 0 Å². The van der Waals surface area contributed by atoms with Gasteiger partial charge in [0.15, 0.2) is 0 Å². The molecule has 0 rings (SSSR count). The Balaban J connectivity index is 2.98. The molecule has 0 saturated heterocycles. The summed E-state index contributed by atoms with van der Waals surface area (Å²) in [5.41, 5.74) is 0. The SMILES string of the molecule is [CH]=CCC(O)CC. The lowest BCUT2D eigenvalue weighted by molar-refractivity contribution is 0.174. The maximum Gasteiger partial charge on any atom is 0.0572 e. The molecule has 0 aliphatic carbocycles. The molecule has 0 aromatic carbocycles. The van der Waals surface area contributed by atoms with E-state index in [0.29, 0.717) is 6.42 Å². The van der Waals surface area contributed by atoms with Crippen LogP contribution in [-0.2, 0) is 0 Å². The second kappa shape index (κ2) is 3.88. The van der Waals surface area contributed by atoms with Gasteiger partial charge in [-0.1, -0.05) is 19.6 Å². The van der Waals surface area contributed by atoms with E-state index in [-0.39, 0.29) is 6.10 Å². The van der Waals surface area contributed by atoms with Crippen LogP contribution in [0.1, 0.15) is 19.8 Å². The van der Waals surface area contributed by atoms with Gasteiger partial charge < -0.3 is 5.11 Å². The van der Waals surface area contributed by atoms with E-state index < -0.39 is 0 Å². The van der Waals surface area contributed by atoms with Gasteiger partial charge in [0, 0.05) is 0 Å². The lowest BCUT2D eigenvalue weighted by Crippen LogP contribution is -2.00. The molecular weight excluding hydrogens is 88.1 g/mol. The Morgan fingerprint density at radius 1 is 1.86 bits per heavy atom. The van der Waals surface area contributed by atoms with Gasteiger partial charge >= 0.3 is 0 Å². The minimum absolute atomic E-state index is 0.231. The highest BCUT2D eigenvalue weighted by atomic mass is 16.3. The van der Waals surface area contributed by atoms with Crippen LogP contribution in [-0.4, -0.2) is 11.2 Å². The summed E-state index contributed by atoms with van der Waals surface area (Å²) in [6.45, 7) is 6.94. The molecule has 0 heterocycles. The van der Waals surface area contributed by atoms with Crippen molar-refractivity contribution in [1.82, 2.24) is 0 Å². The quantitative estimate of drug-likeness (QED) is 0.562. The number of aliphatic hydroxyl groups is 1. The van der Waals surface area contributed by atoms with Crippen LogP contribution in [0.4, 0.5) is 0 Å². The molecule has 0 aliphatic heterocycles. The molecule has 1 heteroatoms. The summed E-state index contributed by atoms with van der Waals surface area (Å²) in [6.07, 6.45) is 2.64. The Hall–Kier alpha value is -0.300. The van der Waals surface area contributed by atoms with Crippen LogP contribution in [0, 0.1) is 6.58 Å². The van der Waals surface area contributed by atoms with E-state index in [1.165, 1.54) is 6.08 Å². The van der Waals surface area contributed by atoms with Gasteiger partial charge in [-0.05, 0) is 12.8 Å². The van der Waals surface area contributed by atoms with E-state index in [4.69, 9.17) is 11.7 Å². The molecule has 1 radical (unpaired) electrons. The average molecular weight is 99.2 g/mol. The predicted octanol–water partition coefficient (Wildman–Crippen LogP) is 1.14. The number of rotatable bonds is 3. The molecule has 0 aromatic heterocycles. The zero-order valence-corrected chi connectivity index (χ0v) is 4.59. The van der Waals surface area contributed by atoms with E-state index >= 15 is 0 Å². The third kappa shape index (κ3) is 3.53. The number of hydrogen-bond donors (Lipinski definition) is 1. The molecule has 0 amide bonds. The molecule has 0 aromatic rings. The lowest BCUT2D eigenvalue weighted by Gasteiger charge is -1.99. The van der Waals surface area contributed by atoms with Crippen molar-refractivity contribution >= 4 is 0 Å². The summed E-state index contributed by atoms with van der Waals surface area (Å²) in [5, 5.41) is 8.75. The summed E-state index contributed by atoms with van der Waals surface area (Å²) in [4.78, 5) is 0. The Labute approximate surface area is 44.7 Å². The Morgan fingerprint density at radius 2 is 2.43 bits per heavy atom. The minimum Gasteiger partial charge on any atom is -0.393 e. The van der Waals surface area contributed by atoms with Crippen molar-refractivity contribution in [2.24, 2.45) is 0 Å². The molecular formula is C6H11O. The van der Waals surface area contributed by atoms with Crippen molar-refractivity contribution in [1.29, 1.82) is 0 Å². The molecule has 41 valence electrons. The third-order valence-corrected chi connectivity index (χ3v) is 0.879. The lowest BCUT2D eigenvalue weighted by atomic mass is 10.2. The van der Waals surface area contributed by atoms with Crippen LogP contribution in [0.15, 0.2) is 6.08 Å². The van der Waals surface area contributed by atoms with Crippen molar-refractivity contribution < 1.29 is 5.11 Å². The predicted molar refractivity (Wildman–Crippen MR) is 29.8 cm³/mol. The summed E-state index contributed by atoms with van der Waals surface area (Å²) >= 11 is 0. The summed E-state index contributed by atoms with van der Waals surface area (Å²) in [7, 11) is 0. The molecule has 0 fully saturated rings. The fraction of sp³-hybridized carbons (Fsp3) is 0.667. The van der Waals surface area contributed by atoms with Gasteiger partial charge in [-0.2, -0.15) is 0 Å². The van der Waals surface area contributed by atoms with Crippen LogP contribution < -0.4 is 0 Å². The molecule has 0 bridgehead atoms. The van der Waals surface area contributed by atoms with E-state index in [0.717, 1.165) is 6.42 Å². The molecule has 1 N–H and O–H groups in total. The first-order valence-electron chi connectivity index (χ1n) is 2.52. The smallest absolute Gasteiger partial charge is 0.0572 e. The topological polar surface area (TPSA) is 20.2 Å². The van der Waals surface area contributed by atoms with Crippen LogP contribution in [0.2, 0.25) is 0 Å². The first-order valence-corrected chi connectivity index (χ1v) is 2.52. The van der Waals surface area contributed by atoms with Gasteiger partial charge in [0.2, 0.25) is 0 Å². The van der Waals surface area contributed by atoms with Gasteiger partial charge in [-0.3, -0.25) is 0 Å². The van der Waals surface area contributed by atoms with E-state index in [1.54, 1.807) is 0 Å². The zero-order chi connectivity index (χ0) is 5.70. The molecule has 1 atom stereocenters. The van der Waals surface area contributed by atoms with E-state index in [2.05, 4.69) is 0 Å². The Morgan fingerprint density at radius 3 is 2.57 bits per heavy atom. The van der Waals surface area contributed by atoms with Gasteiger partial charge in [-0.25, -0.2) is 0 Å². The second-order valence-corrected chi connectivity index (χ2v) is 1.53. The Bertz CT molecular complexity index is 50.1. The monoisotopic (exact) mass is 99.1 g/mol. The standard InChI is InChI=1S/C6H11O/c1-3-5-6(7)4-2/h1,3,6-7H,4-5H2,2H3. The second-order valence-electron chi connectivity index (χ2n) is 1.53.